The Morgan fingerprint density at radius 1 is 1.22 bits per heavy atom. The number of benzene rings is 2. The molecule has 196 valence electrons. The van der Waals surface area contributed by atoms with Crippen LogP contribution in [0.15, 0.2) is 59.5 Å². The Morgan fingerprint density at radius 2 is 1.95 bits per heavy atom. The number of rotatable bonds is 6. The number of aromatic nitrogens is 2. The lowest BCUT2D eigenvalue weighted by Crippen LogP contribution is -2.32. The fourth-order valence-electron chi connectivity index (χ4n) is 2.98. The normalized spacial score (nSPS) is 16.4. The van der Waals surface area contributed by atoms with Gasteiger partial charge in [-0.25, -0.2) is 9.18 Å². The molecule has 5 N–H and O–H groups in total. The molecular weight excluding hydrogens is 548 g/mol. The first-order valence-electron chi connectivity index (χ1n) is 10.7. The summed E-state index contributed by atoms with van der Waals surface area (Å²) in [4.78, 5) is 38.6. The number of aliphatic hydroxyl groups is 1. The number of hydrogen-bond acceptors (Lipinski definition) is 8. The summed E-state index contributed by atoms with van der Waals surface area (Å²) < 4.78 is 19.5. The number of amides is 2. The monoisotopic (exact) mass is 569 g/mol. The molecule has 0 aliphatic carbocycles. The number of carbonyl (C=O) groups is 2. The third kappa shape index (κ3) is 8.44. The van der Waals surface area contributed by atoms with Crippen LogP contribution < -0.4 is 22.1 Å². The van der Waals surface area contributed by atoms with E-state index in [4.69, 9.17) is 38.8 Å². The van der Waals surface area contributed by atoms with Crippen LogP contribution in [0.1, 0.15) is 16.6 Å². The van der Waals surface area contributed by atoms with Crippen molar-refractivity contribution in [1.82, 2.24) is 14.9 Å². The number of anilines is 2. The summed E-state index contributed by atoms with van der Waals surface area (Å²) in [5.41, 5.74) is 5.33. The maximum Gasteiger partial charge on any atom is 0.351 e. The van der Waals surface area contributed by atoms with Gasteiger partial charge in [0.05, 0.1) is 23.9 Å². The second-order valence-electron chi connectivity index (χ2n) is 7.44. The van der Waals surface area contributed by atoms with Crippen molar-refractivity contribution in [1.29, 1.82) is 0 Å². The van der Waals surface area contributed by atoms with Crippen molar-refractivity contribution in [3.8, 4) is 0 Å². The van der Waals surface area contributed by atoms with Gasteiger partial charge in [-0.3, -0.25) is 14.2 Å². The quantitative estimate of drug-likeness (QED) is 0.354. The van der Waals surface area contributed by atoms with Gasteiger partial charge >= 0.3 is 5.69 Å². The summed E-state index contributed by atoms with van der Waals surface area (Å²) in [6.45, 7) is -0.298. The van der Waals surface area contributed by atoms with Crippen molar-refractivity contribution >= 4 is 58.3 Å². The van der Waals surface area contributed by atoms with E-state index in [0.717, 1.165) is 0 Å². The second kappa shape index (κ2) is 13.4. The summed E-state index contributed by atoms with van der Waals surface area (Å²) in [5.74, 6) is -0.541. The molecule has 1 aromatic heterocycles. The highest BCUT2D eigenvalue weighted by atomic mass is 35.5. The molecule has 4 rings (SSSR count). The molecule has 1 saturated heterocycles. The summed E-state index contributed by atoms with van der Waals surface area (Å²) in [7, 11) is 0. The Labute approximate surface area is 224 Å². The highest BCUT2D eigenvalue weighted by molar-refractivity contribution is 8.00. The van der Waals surface area contributed by atoms with Gasteiger partial charge in [-0.05, 0) is 48.5 Å². The van der Waals surface area contributed by atoms with Crippen molar-refractivity contribution in [2.45, 2.75) is 11.7 Å². The van der Waals surface area contributed by atoms with Crippen LogP contribution in [0.5, 0.6) is 0 Å². The summed E-state index contributed by atoms with van der Waals surface area (Å²) in [6.07, 6.45) is 1.18. The fraction of sp³-hybridized carbons (Fsp3) is 0.217. The van der Waals surface area contributed by atoms with Crippen LogP contribution in [-0.2, 0) is 9.53 Å². The van der Waals surface area contributed by atoms with E-state index in [-0.39, 0.29) is 36.2 Å². The van der Waals surface area contributed by atoms with Gasteiger partial charge in [0.25, 0.3) is 5.91 Å². The molecule has 0 saturated carbocycles. The van der Waals surface area contributed by atoms with Crippen LogP contribution in [0.3, 0.4) is 0 Å². The van der Waals surface area contributed by atoms with Crippen molar-refractivity contribution in [2.24, 2.45) is 0 Å². The Bertz CT molecular complexity index is 1310. The topological polar surface area (TPSA) is 149 Å². The minimum absolute atomic E-state index is 0.0572. The molecule has 37 heavy (non-hydrogen) atoms. The Hall–Kier alpha value is -3.16. The minimum atomic E-state index is -0.475. The standard InChI is InChI=1S/C15H11Cl2FN2O2.C8H11N3O3S/c16-10-3-6-13(12(17)7-10)20-14(21)8-19-15(22)9-1-4-11(18)5-2-9;9-5-1-2-11(8(13)10-5)6-4-15-7(3-12)14-6/h1-7H,8H2,(H,19,22)(H,20,21);1-2,6-7,12H,3-4H2,(H2,9,10,13)/t;6-,7+/m.1/s1. The van der Waals surface area contributed by atoms with E-state index in [1.807, 2.05) is 0 Å². The minimum Gasteiger partial charge on any atom is -0.393 e. The van der Waals surface area contributed by atoms with Crippen LogP contribution in [0.2, 0.25) is 10.0 Å². The summed E-state index contributed by atoms with van der Waals surface area (Å²) >= 11 is 13.1. The summed E-state index contributed by atoms with van der Waals surface area (Å²) in [6, 6.07) is 11.2. The van der Waals surface area contributed by atoms with E-state index < -0.39 is 23.3 Å². The van der Waals surface area contributed by atoms with Gasteiger partial charge in [0.1, 0.15) is 23.3 Å². The van der Waals surface area contributed by atoms with Crippen molar-refractivity contribution in [2.75, 3.05) is 30.0 Å². The van der Waals surface area contributed by atoms with E-state index in [2.05, 4.69) is 15.6 Å². The molecule has 2 heterocycles. The van der Waals surface area contributed by atoms with Gasteiger partial charge in [0, 0.05) is 22.5 Å². The van der Waals surface area contributed by atoms with Crippen LogP contribution in [0, 0.1) is 5.82 Å². The maximum absolute atomic E-state index is 12.8. The number of nitrogens with zero attached hydrogens (tertiary/aromatic N) is 2. The first kappa shape index (κ1) is 28.4. The molecule has 14 heteroatoms. The molecule has 2 atom stereocenters. The maximum atomic E-state index is 12.8. The number of nitrogens with two attached hydrogens (primary N) is 1. The summed E-state index contributed by atoms with van der Waals surface area (Å²) in [5, 5.41) is 14.6. The van der Waals surface area contributed by atoms with E-state index >= 15 is 0 Å². The lowest BCUT2D eigenvalue weighted by Gasteiger charge is -2.13. The number of thioether (sulfide) groups is 1. The van der Waals surface area contributed by atoms with Gasteiger partial charge in [-0.15, -0.1) is 11.8 Å². The van der Waals surface area contributed by atoms with E-state index in [1.165, 1.54) is 46.7 Å². The molecule has 10 nitrogen and oxygen atoms in total. The fourth-order valence-corrected chi connectivity index (χ4v) is 4.37. The number of hydrogen-bond donors (Lipinski definition) is 4. The molecule has 0 spiro atoms. The average Bonchev–Trinajstić information content (AvgIpc) is 3.34. The van der Waals surface area contributed by atoms with Gasteiger partial charge in [-0.2, -0.15) is 4.98 Å². The van der Waals surface area contributed by atoms with Gasteiger partial charge in [0.2, 0.25) is 5.91 Å². The second-order valence-corrected chi connectivity index (χ2v) is 9.48. The van der Waals surface area contributed by atoms with E-state index in [0.29, 0.717) is 21.5 Å². The molecule has 1 aliphatic rings. The zero-order valence-electron chi connectivity index (χ0n) is 19.1. The first-order chi connectivity index (χ1) is 17.7. The largest absolute Gasteiger partial charge is 0.393 e. The van der Waals surface area contributed by atoms with Crippen LogP contribution in [0.25, 0.3) is 0 Å². The van der Waals surface area contributed by atoms with Crippen molar-refractivity contribution in [3.63, 3.8) is 0 Å². The van der Waals surface area contributed by atoms with Gasteiger partial charge in [0.15, 0.2) is 0 Å². The SMILES string of the molecule is Nc1ccn([C@H]2CS[C@@H](CO)O2)c(=O)n1.O=C(CNC(=O)c1ccc(F)cc1)Nc1ccc(Cl)cc1Cl. The number of nitrogen functional groups attached to an aromatic ring is 1. The highest BCUT2D eigenvalue weighted by Crippen LogP contribution is 2.30. The molecule has 0 unspecified atom stereocenters. The number of nitrogens with one attached hydrogen (secondary N) is 2. The molecule has 2 amide bonds. The molecular formula is C23H22Cl2FN5O5S. The average molecular weight is 570 g/mol. The van der Waals surface area contributed by atoms with Crippen LogP contribution in [0.4, 0.5) is 15.9 Å². The van der Waals surface area contributed by atoms with Crippen molar-refractivity contribution in [3.05, 3.63) is 86.6 Å². The number of ether oxygens (including phenoxy) is 1. The lowest BCUT2D eigenvalue weighted by atomic mass is 10.2. The zero-order chi connectivity index (χ0) is 26.9. The van der Waals surface area contributed by atoms with Gasteiger partial charge in [-0.1, -0.05) is 23.2 Å². The smallest absolute Gasteiger partial charge is 0.351 e. The third-order valence-electron chi connectivity index (χ3n) is 4.77. The van der Waals surface area contributed by atoms with E-state index in [9.17, 15) is 18.8 Å². The van der Waals surface area contributed by atoms with E-state index in [1.54, 1.807) is 24.4 Å². The van der Waals surface area contributed by atoms with Crippen molar-refractivity contribution < 1.29 is 23.8 Å². The molecule has 0 radical (unpaired) electrons. The Balaban J connectivity index is 0.000000220. The van der Waals surface area contributed by atoms with Crippen LogP contribution >= 0.6 is 35.0 Å². The number of carbonyl (C=O) groups excluding carboxylic acids is 2. The highest BCUT2D eigenvalue weighted by Gasteiger charge is 2.27. The number of aliphatic hydroxyl groups excluding tert-OH is 1. The Kier molecular flexibility index (Phi) is 10.3. The molecule has 0 bridgehead atoms. The third-order valence-corrected chi connectivity index (χ3v) is 6.42. The van der Waals surface area contributed by atoms with Gasteiger partial charge < -0.3 is 26.2 Å². The lowest BCUT2D eigenvalue weighted by molar-refractivity contribution is -0.115. The molecule has 3 aromatic rings. The first-order valence-corrected chi connectivity index (χ1v) is 12.5. The Morgan fingerprint density at radius 3 is 2.57 bits per heavy atom. The molecule has 1 aliphatic heterocycles. The predicted octanol–water partition coefficient (Wildman–Crippen LogP) is 2.91. The predicted molar refractivity (Wildman–Crippen MR) is 140 cm³/mol. The molecule has 2 aromatic carbocycles. The number of halogens is 3. The van der Waals surface area contributed by atoms with Crippen LogP contribution in [-0.4, -0.2) is 50.8 Å². The zero-order valence-corrected chi connectivity index (χ0v) is 21.4. The molecule has 1 fully saturated rings.